The van der Waals surface area contributed by atoms with Gasteiger partial charge in [0.2, 0.25) is 5.91 Å². The van der Waals surface area contributed by atoms with Crippen LogP contribution >= 0.6 is 11.6 Å². The molecule has 1 amide bonds. The average molecular weight is 308 g/mol. The van der Waals surface area contributed by atoms with Crippen molar-refractivity contribution < 1.29 is 4.79 Å². The maximum absolute atomic E-state index is 12.0. The van der Waals surface area contributed by atoms with Crippen molar-refractivity contribution >= 4 is 40.0 Å². The Morgan fingerprint density at radius 1 is 0.909 bits per heavy atom. The SMILES string of the molecule is O=C(/C=C/c1cccc2ccccc12)Nc1ccc(Cl)cc1. The molecule has 3 rings (SSSR count). The zero-order chi connectivity index (χ0) is 15.4. The summed E-state index contributed by atoms with van der Waals surface area (Å²) in [4.78, 5) is 12.0. The lowest BCUT2D eigenvalue weighted by molar-refractivity contribution is -0.111. The monoisotopic (exact) mass is 307 g/mol. The number of carbonyl (C=O) groups is 1. The number of anilines is 1. The molecule has 0 aliphatic rings. The van der Waals surface area contributed by atoms with Crippen LogP contribution in [-0.4, -0.2) is 5.91 Å². The van der Waals surface area contributed by atoms with Crippen LogP contribution in [-0.2, 0) is 4.79 Å². The van der Waals surface area contributed by atoms with Crippen LogP contribution in [0.1, 0.15) is 5.56 Å². The zero-order valence-electron chi connectivity index (χ0n) is 11.8. The average Bonchev–Trinajstić information content (AvgIpc) is 2.55. The maximum Gasteiger partial charge on any atom is 0.248 e. The van der Waals surface area contributed by atoms with Gasteiger partial charge in [-0.15, -0.1) is 0 Å². The van der Waals surface area contributed by atoms with E-state index in [9.17, 15) is 4.79 Å². The summed E-state index contributed by atoms with van der Waals surface area (Å²) >= 11 is 5.82. The summed E-state index contributed by atoms with van der Waals surface area (Å²) < 4.78 is 0. The lowest BCUT2D eigenvalue weighted by Crippen LogP contribution is -2.07. The number of amides is 1. The molecule has 0 bridgehead atoms. The molecule has 2 nitrogen and oxygen atoms in total. The number of halogens is 1. The number of hydrogen-bond acceptors (Lipinski definition) is 1. The van der Waals surface area contributed by atoms with Crippen molar-refractivity contribution in [2.24, 2.45) is 0 Å². The predicted octanol–water partition coefficient (Wildman–Crippen LogP) is 5.15. The summed E-state index contributed by atoms with van der Waals surface area (Å²) in [6.07, 6.45) is 3.37. The molecule has 0 saturated heterocycles. The van der Waals surface area contributed by atoms with E-state index in [0.29, 0.717) is 5.02 Å². The van der Waals surface area contributed by atoms with Crippen molar-refractivity contribution in [2.45, 2.75) is 0 Å². The van der Waals surface area contributed by atoms with Gasteiger partial charge in [-0.05, 0) is 46.7 Å². The van der Waals surface area contributed by atoms with Gasteiger partial charge in [-0.25, -0.2) is 0 Å². The second-order valence-electron chi connectivity index (χ2n) is 4.90. The van der Waals surface area contributed by atoms with E-state index < -0.39 is 0 Å². The maximum atomic E-state index is 12.0. The lowest BCUT2D eigenvalue weighted by atomic mass is 10.0. The molecule has 0 radical (unpaired) electrons. The van der Waals surface area contributed by atoms with Gasteiger partial charge in [-0.2, -0.15) is 0 Å². The van der Waals surface area contributed by atoms with Crippen LogP contribution in [0.2, 0.25) is 5.02 Å². The van der Waals surface area contributed by atoms with Gasteiger partial charge in [0, 0.05) is 16.8 Å². The fraction of sp³-hybridized carbons (Fsp3) is 0. The minimum atomic E-state index is -0.171. The topological polar surface area (TPSA) is 29.1 Å². The molecule has 0 aliphatic carbocycles. The van der Waals surface area contributed by atoms with Crippen LogP contribution < -0.4 is 5.32 Å². The molecule has 1 N–H and O–H groups in total. The van der Waals surface area contributed by atoms with E-state index >= 15 is 0 Å². The molecule has 3 heteroatoms. The molecule has 3 aromatic carbocycles. The first-order chi connectivity index (χ1) is 10.7. The Hall–Kier alpha value is -2.58. The van der Waals surface area contributed by atoms with E-state index in [1.807, 2.05) is 36.4 Å². The van der Waals surface area contributed by atoms with E-state index in [1.54, 1.807) is 24.3 Å². The van der Waals surface area contributed by atoms with Gasteiger partial charge in [-0.1, -0.05) is 54.1 Å². The molecule has 0 aliphatic heterocycles. The second-order valence-corrected chi connectivity index (χ2v) is 5.33. The lowest BCUT2D eigenvalue weighted by Gasteiger charge is -2.03. The Labute approximate surface area is 134 Å². The van der Waals surface area contributed by atoms with Crippen LogP contribution in [0.4, 0.5) is 5.69 Å². The van der Waals surface area contributed by atoms with Crippen molar-refractivity contribution in [2.75, 3.05) is 5.32 Å². The van der Waals surface area contributed by atoms with Crippen LogP contribution in [0.5, 0.6) is 0 Å². The highest BCUT2D eigenvalue weighted by Gasteiger charge is 2.00. The van der Waals surface area contributed by atoms with E-state index in [-0.39, 0.29) is 5.91 Å². The van der Waals surface area contributed by atoms with Crippen LogP contribution in [0, 0.1) is 0 Å². The third-order valence-electron chi connectivity index (χ3n) is 3.35. The van der Waals surface area contributed by atoms with Crippen molar-refractivity contribution in [1.82, 2.24) is 0 Å². The molecular formula is C19H14ClNO. The molecular weight excluding hydrogens is 294 g/mol. The van der Waals surface area contributed by atoms with Gasteiger partial charge in [0.15, 0.2) is 0 Å². The van der Waals surface area contributed by atoms with Crippen LogP contribution in [0.25, 0.3) is 16.8 Å². The molecule has 0 fully saturated rings. The molecule has 0 heterocycles. The van der Waals surface area contributed by atoms with Gasteiger partial charge >= 0.3 is 0 Å². The summed E-state index contributed by atoms with van der Waals surface area (Å²) in [5, 5.41) is 5.73. The first kappa shape index (κ1) is 14.4. The Bertz CT molecular complexity index is 832. The molecule has 0 aromatic heterocycles. The van der Waals surface area contributed by atoms with Gasteiger partial charge in [0.05, 0.1) is 0 Å². The molecule has 0 atom stereocenters. The molecule has 0 spiro atoms. The fourth-order valence-corrected chi connectivity index (χ4v) is 2.40. The first-order valence-electron chi connectivity index (χ1n) is 6.95. The van der Waals surface area contributed by atoms with E-state index in [1.165, 1.54) is 6.08 Å². The Kier molecular flexibility index (Phi) is 4.22. The smallest absolute Gasteiger partial charge is 0.248 e. The Balaban J connectivity index is 1.78. The van der Waals surface area contributed by atoms with Crippen molar-refractivity contribution in [3.63, 3.8) is 0 Å². The fourth-order valence-electron chi connectivity index (χ4n) is 2.28. The predicted molar refractivity (Wildman–Crippen MR) is 93.1 cm³/mol. The van der Waals surface area contributed by atoms with Gasteiger partial charge in [-0.3, -0.25) is 4.79 Å². The summed E-state index contributed by atoms with van der Waals surface area (Å²) in [5.74, 6) is -0.171. The number of hydrogen-bond donors (Lipinski definition) is 1. The van der Waals surface area contributed by atoms with Crippen molar-refractivity contribution in [1.29, 1.82) is 0 Å². The number of carbonyl (C=O) groups excluding carboxylic acids is 1. The molecule has 22 heavy (non-hydrogen) atoms. The van der Waals surface area contributed by atoms with Crippen molar-refractivity contribution in [3.05, 3.63) is 83.4 Å². The van der Waals surface area contributed by atoms with Gasteiger partial charge in [0.1, 0.15) is 0 Å². The summed E-state index contributed by atoms with van der Waals surface area (Å²) in [6, 6.07) is 21.2. The molecule has 0 unspecified atom stereocenters. The highest BCUT2D eigenvalue weighted by Crippen LogP contribution is 2.19. The largest absolute Gasteiger partial charge is 0.323 e. The quantitative estimate of drug-likeness (QED) is 0.666. The van der Waals surface area contributed by atoms with E-state index in [0.717, 1.165) is 22.0 Å². The van der Waals surface area contributed by atoms with Gasteiger partial charge < -0.3 is 5.32 Å². The molecule has 108 valence electrons. The first-order valence-corrected chi connectivity index (χ1v) is 7.32. The highest BCUT2D eigenvalue weighted by atomic mass is 35.5. The standard InChI is InChI=1S/C19H14ClNO/c20-16-9-11-17(12-10-16)21-19(22)13-8-15-6-3-5-14-4-1-2-7-18(14)15/h1-13H,(H,21,22)/b13-8+. The number of benzene rings is 3. The Morgan fingerprint density at radius 2 is 1.64 bits per heavy atom. The van der Waals surface area contributed by atoms with Crippen LogP contribution in [0.3, 0.4) is 0 Å². The highest BCUT2D eigenvalue weighted by molar-refractivity contribution is 6.30. The molecule has 3 aromatic rings. The van der Waals surface area contributed by atoms with Gasteiger partial charge in [0.25, 0.3) is 0 Å². The minimum absolute atomic E-state index is 0.171. The second kappa shape index (κ2) is 6.46. The van der Waals surface area contributed by atoms with Crippen LogP contribution in [0.15, 0.2) is 72.8 Å². The third-order valence-corrected chi connectivity index (χ3v) is 3.60. The zero-order valence-corrected chi connectivity index (χ0v) is 12.5. The summed E-state index contributed by atoms with van der Waals surface area (Å²) in [6.45, 7) is 0. The van der Waals surface area contributed by atoms with E-state index in [2.05, 4.69) is 17.4 Å². The summed E-state index contributed by atoms with van der Waals surface area (Å²) in [7, 11) is 0. The number of fused-ring (bicyclic) bond motifs is 1. The Morgan fingerprint density at radius 3 is 2.45 bits per heavy atom. The number of rotatable bonds is 3. The summed E-state index contributed by atoms with van der Waals surface area (Å²) in [5.41, 5.74) is 1.74. The van der Waals surface area contributed by atoms with Crippen molar-refractivity contribution in [3.8, 4) is 0 Å². The third kappa shape index (κ3) is 3.35. The minimum Gasteiger partial charge on any atom is -0.323 e. The molecule has 0 saturated carbocycles. The van der Waals surface area contributed by atoms with E-state index in [4.69, 9.17) is 11.6 Å². The normalized spacial score (nSPS) is 11.0. The number of nitrogens with one attached hydrogen (secondary N) is 1.